The number of nitrogens with one attached hydrogen (secondary N) is 1. The van der Waals surface area contributed by atoms with E-state index in [0.717, 1.165) is 22.3 Å². The third-order valence-electron chi connectivity index (χ3n) is 4.31. The number of thiophene rings is 1. The van der Waals surface area contributed by atoms with Gasteiger partial charge in [-0.3, -0.25) is 4.79 Å². The zero-order chi connectivity index (χ0) is 15.9. The van der Waals surface area contributed by atoms with Crippen molar-refractivity contribution in [2.45, 2.75) is 32.7 Å². The summed E-state index contributed by atoms with van der Waals surface area (Å²) in [5.74, 6) is 1.24. The fourth-order valence-corrected chi connectivity index (χ4v) is 4.07. The van der Waals surface area contributed by atoms with Gasteiger partial charge < -0.3 is 10.2 Å². The molecule has 1 aliphatic heterocycles. The lowest BCUT2D eigenvalue weighted by atomic mass is 9.85. The van der Waals surface area contributed by atoms with E-state index in [4.69, 9.17) is 11.6 Å². The molecule has 1 aromatic rings. The maximum absolute atomic E-state index is 12.6. The third-order valence-corrected chi connectivity index (χ3v) is 5.53. The summed E-state index contributed by atoms with van der Waals surface area (Å²) in [4.78, 5) is 15.6. The van der Waals surface area contributed by atoms with Crippen LogP contribution in [0.25, 0.3) is 0 Å². The number of piperidine rings is 1. The van der Waals surface area contributed by atoms with E-state index in [1.807, 2.05) is 17.0 Å². The van der Waals surface area contributed by atoms with Gasteiger partial charge in [-0.15, -0.1) is 30.3 Å². The predicted molar refractivity (Wildman–Crippen MR) is 102 cm³/mol. The minimum Gasteiger partial charge on any atom is -0.334 e. The molecule has 1 aromatic heterocycles. The lowest BCUT2D eigenvalue weighted by molar-refractivity contribution is -0.132. The molecule has 2 unspecified atom stereocenters. The van der Waals surface area contributed by atoms with Gasteiger partial charge in [-0.1, -0.05) is 24.6 Å². The SMILES string of the molecule is C=CCN(Cc1ccc(Cl)s1)C(=O)CC(C)C1CCCNC1.Cl. The number of amides is 1. The van der Waals surface area contributed by atoms with Gasteiger partial charge in [-0.25, -0.2) is 0 Å². The van der Waals surface area contributed by atoms with Crippen LogP contribution in [0.3, 0.4) is 0 Å². The molecule has 6 heteroatoms. The van der Waals surface area contributed by atoms with Gasteiger partial charge in [0.1, 0.15) is 0 Å². The Labute approximate surface area is 154 Å². The van der Waals surface area contributed by atoms with Crippen LogP contribution in [0.1, 0.15) is 31.1 Å². The monoisotopic (exact) mass is 376 g/mol. The Morgan fingerprint density at radius 2 is 2.39 bits per heavy atom. The zero-order valence-electron chi connectivity index (χ0n) is 13.6. The molecule has 1 fully saturated rings. The molecule has 130 valence electrons. The number of rotatable bonds is 7. The summed E-state index contributed by atoms with van der Waals surface area (Å²) in [5, 5.41) is 3.43. The van der Waals surface area contributed by atoms with Crippen LogP contribution in [0, 0.1) is 11.8 Å². The van der Waals surface area contributed by atoms with Crippen molar-refractivity contribution >= 4 is 41.3 Å². The fourth-order valence-electron chi connectivity index (χ4n) is 2.97. The first-order valence-corrected chi connectivity index (χ1v) is 9.13. The van der Waals surface area contributed by atoms with Gasteiger partial charge in [-0.05, 0) is 49.9 Å². The van der Waals surface area contributed by atoms with E-state index in [1.54, 1.807) is 6.08 Å². The first-order valence-electron chi connectivity index (χ1n) is 7.93. The maximum Gasteiger partial charge on any atom is 0.223 e. The normalized spacial score (nSPS) is 18.8. The molecule has 1 N–H and O–H groups in total. The topological polar surface area (TPSA) is 32.3 Å². The average Bonchev–Trinajstić information content (AvgIpc) is 2.93. The van der Waals surface area contributed by atoms with E-state index in [9.17, 15) is 4.79 Å². The standard InChI is InChI=1S/C17H25ClN2OS.ClH/c1-3-9-20(12-15-6-7-16(18)22-15)17(21)10-13(2)14-5-4-8-19-11-14;/h3,6-7,13-14,19H,1,4-5,8-12H2,2H3;1H. The smallest absolute Gasteiger partial charge is 0.223 e. The Hall–Kier alpha value is -0.550. The second-order valence-corrected chi connectivity index (χ2v) is 7.86. The Bertz CT molecular complexity index is 501. The molecule has 2 heterocycles. The van der Waals surface area contributed by atoms with Gasteiger partial charge >= 0.3 is 0 Å². The zero-order valence-corrected chi connectivity index (χ0v) is 16.0. The highest BCUT2D eigenvalue weighted by molar-refractivity contribution is 7.16. The van der Waals surface area contributed by atoms with E-state index in [-0.39, 0.29) is 18.3 Å². The highest BCUT2D eigenvalue weighted by atomic mass is 35.5. The molecular formula is C17H26Cl2N2OS. The quantitative estimate of drug-likeness (QED) is 0.716. The van der Waals surface area contributed by atoms with Crippen molar-refractivity contribution in [1.29, 1.82) is 0 Å². The van der Waals surface area contributed by atoms with Gasteiger partial charge in [0.2, 0.25) is 5.91 Å². The molecule has 2 rings (SSSR count). The third kappa shape index (κ3) is 6.46. The van der Waals surface area contributed by atoms with Crippen molar-refractivity contribution in [1.82, 2.24) is 10.2 Å². The van der Waals surface area contributed by atoms with Crippen molar-refractivity contribution in [2.75, 3.05) is 19.6 Å². The van der Waals surface area contributed by atoms with Crippen molar-refractivity contribution in [3.05, 3.63) is 34.0 Å². The lowest BCUT2D eigenvalue weighted by Gasteiger charge is -2.30. The van der Waals surface area contributed by atoms with Crippen LogP contribution in [-0.4, -0.2) is 30.4 Å². The van der Waals surface area contributed by atoms with E-state index < -0.39 is 0 Å². The van der Waals surface area contributed by atoms with Gasteiger partial charge in [0, 0.05) is 17.8 Å². The van der Waals surface area contributed by atoms with Gasteiger partial charge in [0.05, 0.1) is 10.9 Å². The molecule has 0 spiro atoms. The van der Waals surface area contributed by atoms with Gasteiger partial charge in [0.25, 0.3) is 0 Å². The van der Waals surface area contributed by atoms with Gasteiger partial charge in [-0.2, -0.15) is 0 Å². The largest absolute Gasteiger partial charge is 0.334 e. The van der Waals surface area contributed by atoms with E-state index in [0.29, 0.717) is 31.3 Å². The second-order valence-electron chi connectivity index (χ2n) is 6.06. The molecule has 2 atom stereocenters. The number of carbonyl (C=O) groups excluding carboxylic acids is 1. The van der Waals surface area contributed by atoms with Crippen LogP contribution in [0.4, 0.5) is 0 Å². The number of halogens is 2. The summed E-state index contributed by atoms with van der Waals surface area (Å²) in [6.07, 6.45) is 4.84. The van der Waals surface area contributed by atoms with Crippen molar-refractivity contribution in [3.63, 3.8) is 0 Å². The molecule has 0 bridgehead atoms. The molecule has 1 aliphatic rings. The molecule has 1 amide bonds. The van der Waals surface area contributed by atoms with Crippen LogP contribution in [0.15, 0.2) is 24.8 Å². The minimum atomic E-state index is 0. The second kappa shape index (κ2) is 10.3. The van der Waals surface area contributed by atoms with E-state index >= 15 is 0 Å². The van der Waals surface area contributed by atoms with Crippen LogP contribution < -0.4 is 5.32 Å². The van der Waals surface area contributed by atoms with Crippen molar-refractivity contribution in [3.8, 4) is 0 Å². The molecule has 0 saturated carbocycles. The Balaban J connectivity index is 0.00000264. The van der Waals surface area contributed by atoms with E-state index in [1.165, 1.54) is 24.2 Å². The predicted octanol–water partition coefficient (Wildman–Crippen LogP) is 4.36. The van der Waals surface area contributed by atoms with Crippen LogP contribution in [-0.2, 0) is 11.3 Å². The Morgan fingerprint density at radius 1 is 1.61 bits per heavy atom. The molecule has 23 heavy (non-hydrogen) atoms. The van der Waals surface area contributed by atoms with Crippen molar-refractivity contribution in [2.24, 2.45) is 11.8 Å². The summed E-state index contributed by atoms with van der Waals surface area (Å²) in [6.45, 7) is 9.33. The fraction of sp³-hybridized carbons (Fsp3) is 0.588. The first-order chi connectivity index (χ1) is 10.6. The van der Waals surface area contributed by atoms with Crippen LogP contribution in [0.5, 0.6) is 0 Å². The summed E-state index contributed by atoms with van der Waals surface area (Å²) in [5.41, 5.74) is 0. The number of hydrogen-bond donors (Lipinski definition) is 1. The molecule has 0 radical (unpaired) electrons. The van der Waals surface area contributed by atoms with Crippen molar-refractivity contribution < 1.29 is 4.79 Å². The van der Waals surface area contributed by atoms with Crippen LogP contribution in [0.2, 0.25) is 4.34 Å². The average molecular weight is 377 g/mol. The first kappa shape index (κ1) is 20.5. The number of hydrogen-bond acceptors (Lipinski definition) is 3. The Morgan fingerprint density at radius 3 is 2.96 bits per heavy atom. The highest BCUT2D eigenvalue weighted by Crippen LogP contribution is 2.25. The summed E-state index contributed by atoms with van der Waals surface area (Å²) in [7, 11) is 0. The summed E-state index contributed by atoms with van der Waals surface area (Å²) >= 11 is 7.51. The molecule has 0 aromatic carbocycles. The molecule has 3 nitrogen and oxygen atoms in total. The van der Waals surface area contributed by atoms with Gasteiger partial charge in [0.15, 0.2) is 0 Å². The summed E-state index contributed by atoms with van der Waals surface area (Å²) in [6, 6.07) is 3.87. The molecular weight excluding hydrogens is 351 g/mol. The highest BCUT2D eigenvalue weighted by Gasteiger charge is 2.24. The number of carbonyl (C=O) groups is 1. The summed E-state index contributed by atoms with van der Waals surface area (Å²) < 4.78 is 0.766. The minimum absolute atomic E-state index is 0. The molecule has 1 saturated heterocycles. The van der Waals surface area contributed by atoms with E-state index in [2.05, 4.69) is 18.8 Å². The van der Waals surface area contributed by atoms with Crippen LogP contribution >= 0.6 is 35.3 Å². The maximum atomic E-state index is 12.6. The lowest BCUT2D eigenvalue weighted by Crippen LogP contribution is -2.37. The number of nitrogens with zero attached hydrogens (tertiary/aromatic N) is 1. The molecule has 0 aliphatic carbocycles. The Kier molecular flexibility index (Phi) is 9.22.